The molecule has 0 radical (unpaired) electrons. The molecule has 1 fully saturated rings. The molecule has 3 heterocycles. The van der Waals surface area contributed by atoms with E-state index >= 15 is 0 Å². The molecule has 0 spiro atoms. The third-order valence-electron chi connectivity index (χ3n) is 5.43. The van der Waals surface area contributed by atoms with Gasteiger partial charge in [0.2, 0.25) is 0 Å². The minimum Gasteiger partial charge on any atom is -0.367 e. The number of rotatable bonds is 2. The summed E-state index contributed by atoms with van der Waals surface area (Å²) >= 11 is 0. The molecule has 0 amide bonds. The number of anilines is 1. The first-order chi connectivity index (χ1) is 9.40. The fourth-order valence-corrected chi connectivity index (χ4v) is 4.62. The van der Waals surface area contributed by atoms with Crippen LogP contribution in [0.25, 0.3) is 0 Å². The Balaban J connectivity index is 1.80. The lowest BCUT2D eigenvalue weighted by molar-refractivity contribution is 0.393. The van der Waals surface area contributed by atoms with Crippen LogP contribution in [0, 0.1) is 0 Å². The Bertz CT molecular complexity index is 482. The van der Waals surface area contributed by atoms with Gasteiger partial charge in [-0.25, -0.2) is 0 Å². The van der Waals surface area contributed by atoms with Crippen LogP contribution >= 0.6 is 0 Å². The number of nitrogens with one attached hydrogen (secondary N) is 1. The summed E-state index contributed by atoms with van der Waals surface area (Å²) in [6.45, 7) is 5.98. The Morgan fingerprint density at radius 1 is 1.26 bits per heavy atom. The summed E-state index contributed by atoms with van der Waals surface area (Å²) in [6.07, 6.45) is 5.35. The first-order valence-corrected chi connectivity index (χ1v) is 8.00. The van der Waals surface area contributed by atoms with Gasteiger partial charge in [0.25, 0.3) is 0 Å². The lowest BCUT2D eigenvalue weighted by Gasteiger charge is -2.38. The second-order valence-corrected chi connectivity index (χ2v) is 6.42. The van der Waals surface area contributed by atoms with E-state index in [0.717, 1.165) is 17.9 Å². The van der Waals surface area contributed by atoms with E-state index in [4.69, 9.17) is 0 Å². The Hall–Kier alpha value is -1.02. The van der Waals surface area contributed by atoms with Gasteiger partial charge in [0.1, 0.15) is 0 Å². The number of nitrogens with zero attached hydrogens (tertiary/aromatic N) is 1. The van der Waals surface area contributed by atoms with Gasteiger partial charge in [0, 0.05) is 30.7 Å². The first-order valence-electron chi connectivity index (χ1n) is 8.00. The van der Waals surface area contributed by atoms with Crippen LogP contribution in [-0.4, -0.2) is 25.7 Å². The van der Waals surface area contributed by atoms with E-state index in [1.807, 2.05) is 0 Å². The molecule has 0 saturated carbocycles. The van der Waals surface area contributed by atoms with Crippen LogP contribution in [0.1, 0.15) is 55.6 Å². The van der Waals surface area contributed by atoms with Crippen molar-refractivity contribution in [3.63, 3.8) is 0 Å². The monoisotopic (exact) mass is 256 g/mol. The molecule has 102 valence electrons. The molecular weight excluding hydrogens is 232 g/mol. The molecule has 3 aliphatic heterocycles. The second-order valence-electron chi connectivity index (χ2n) is 6.42. The highest BCUT2D eigenvalue weighted by Gasteiger charge is 2.43. The van der Waals surface area contributed by atoms with Crippen LogP contribution in [0.2, 0.25) is 0 Å². The van der Waals surface area contributed by atoms with Gasteiger partial charge < -0.3 is 10.2 Å². The van der Waals surface area contributed by atoms with Gasteiger partial charge in [0.05, 0.1) is 0 Å². The van der Waals surface area contributed by atoms with E-state index in [1.54, 1.807) is 16.8 Å². The van der Waals surface area contributed by atoms with Crippen molar-refractivity contribution in [3.05, 3.63) is 29.3 Å². The summed E-state index contributed by atoms with van der Waals surface area (Å²) in [6, 6.07) is 7.87. The van der Waals surface area contributed by atoms with Crippen molar-refractivity contribution in [1.82, 2.24) is 5.32 Å². The number of para-hydroxylation sites is 1. The third-order valence-corrected chi connectivity index (χ3v) is 5.43. The van der Waals surface area contributed by atoms with Crippen molar-refractivity contribution in [3.8, 4) is 0 Å². The normalized spacial score (nSPS) is 32.1. The van der Waals surface area contributed by atoms with Crippen LogP contribution in [-0.2, 0) is 0 Å². The second kappa shape index (κ2) is 4.52. The van der Waals surface area contributed by atoms with E-state index in [0.29, 0.717) is 0 Å². The van der Waals surface area contributed by atoms with E-state index in [9.17, 15) is 0 Å². The highest BCUT2D eigenvalue weighted by Crippen LogP contribution is 2.50. The molecule has 2 heteroatoms. The van der Waals surface area contributed by atoms with Crippen LogP contribution in [0.15, 0.2) is 18.2 Å². The summed E-state index contributed by atoms with van der Waals surface area (Å²) in [5.41, 5.74) is 4.92. The summed E-state index contributed by atoms with van der Waals surface area (Å²) in [5.74, 6) is 1.55. The topological polar surface area (TPSA) is 15.3 Å². The van der Waals surface area contributed by atoms with E-state index in [2.05, 4.69) is 35.3 Å². The van der Waals surface area contributed by atoms with Crippen molar-refractivity contribution in [1.29, 1.82) is 0 Å². The summed E-state index contributed by atoms with van der Waals surface area (Å²) < 4.78 is 0. The van der Waals surface area contributed by atoms with Crippen molar-refractivity contribution in [2.24, 2.45) is 0 Å². The molecule has 0 aromatic heterocycles. The minimum atomic E-state index is 0.740. The smallest absolute Gasteiger partial charge is 0.0441 e. The number of benzene rings is 1. The first kappa shape index (κ1) is 11.8. The SMILES string of the molecule is CCCC1CCN2c3c1cccc3[C@@H]1CNCCC12. The zero-order valence-corrected chi connectivity index (χ0v) is 11.9. The van der Waals surface area contributed by atoms with Gasteiger partial charge in [-0.3, -0.25) is 0 Å². The van der Waals surface area contributed by atoms with Crippen molar-refractivity contribution in [2.45, 2.75) is 50.5 Å². The molecule has 3 atom stereocenters. The molecule has 4 rings (SSSR count). The lowest BCUT2D eigenvalue weighted by Crippen LogP contribution is -2.45. The van der Waals surface area contributed by atoms with Gasteiger partial charge in [-0.2, -0.15) is 0 Å². The van der Waals surface area contributed by atoms with Gasteiger partial charge >= 0.3 is 0 Å². The standard InChI is InChI=1S/C17H24N2/c1-2-4-12-8-10-19-16-7-9-18-11-15(16)14-6-3-5-13(12)17(14)19/h3,5-6,12,15-16,18H,2,4,7-11H2,1H3/t12?,15-,16?/m0/s1. The highest BCUT2D eigenvalue weighted by molar-refractivity contribution is 5.69. The van der Waals surface area contributed by atoms with Crippen molar-refractivity contribution in [2.75, 3.05) is 24.5 Å². The Labute approximate surface area is 116 Å². The molecule has 19 heavy (non-hydrogen) atoms. The minimum absolute atomic E-state index is 0.740. The average Bonchev–Trinajstić information content (AvgIpc) is 2.79. The van der Waals surface area contributed by atoms with E-state index in [1.165, 1.54) is 45.3 Å². The van der Waals surface area contributed by atoms with Crippen molar-refractivity contribution >= 4 is 5.69 Å². The molecule has 2 unspecified atom stereocenters. The Morgan fingerprint density at radius 2 is 2.16 bits per heavy atom. The molecule has 1 aromatic rings. The maximum atomic E-state index is 3.59. The fourth-order valence-electron chi connectivity index (χ4n) is 4.62. The molecular formula is C17H24N2. The third kappa shape index (κ3) is 1.66. The molecule has 1 N–H and O–H groups in total. The number of piperidine rings is 1. The van der Waals surface area contributed by atoms with Crippen molar-refractivity contribution < 1.29 is 0 Å². The maximum absolute atomic E-state index is 3.59. The highest BCUT2D eigenvalue weighted by atomic mass is 15.2. The Morgan fingerprint density at radius 3 is 3.05 bits per heavy atom. The Kier molecular flexibility index (Phi) is 2.80. The lowest BCUT2D eigenvalue weighted by atomic mass is 9.85. The van der Waals surface area contributed by atoms with Crippen LogP contribution in [0.5, 0.6) is 0 Å². The molecule has 3 aliphatic rings. The summed E-state index contributed by atoms with van der Waals surface area (Å²) in [5, 5.41) is 3.59. The largest absolute Gasteiger partial charge is 0.367 e. The van der Waals surface area contributed by atoms with Gasteiger partial charge in [0.15, 0.2) is 0 Å². The van der Waals surface area contributed by atoms with E-state index < -0.39 is 0 Å². The number of hydrogen-bond acceptors (Lipinski definition) is 2. The van der Waals surface area contributed by atoms with Gasteiger partial charge in [-0.1, -0.05) is 31.5 Å². The molecule has 1 saturated heterocycles. The zero-order chi connectivity index (χ0) is 12.8. The summed E-state index contributed by atoms with van der Waals surface area (Å²) in [7, 11) is 0. The molecule has 1 aromatic carbocycles. The molecule has 2 nitrogen and oxygen atoms in total. The van der Waals surface area contributed by atoms with Crippen LogP contribution < -0.4 is 10.2 Å². The number of fused-ring (bicyclic) bond motifs is 3. The summed E-state index contributed by atoms with van der Waals surface area (Å²) in [4.78, 5) is 2.75. The molecule has 0 aliphatic carbocycles. The maximum Gasteiger partial charge on any atom is 0.0441 e. The predicted octanol–water partition coefficient (Wildman–Crippen LogP) is 3.24. The number of hydrogen-bond donors (Lipinski definition) is 1. The molecule has 0 bridgehead atoms. The van der Waals surface area contributed by atoms with Crippen LogP contribution in [0.3, 0.4) is 0 Å². The van der Waals surface area contributed by atoms with Gasteiger partial charge in [-0.05, 0) is 42.9 Å². The van der Waals surface area contributed by atoms with Crippen LogP contribution in [0.4, 0.5) is 5.69 Å². The fraction of sp³-hybridized carbons (Fsp3) is 0.647. The van der Waals surface area contributed by atoms with Gasteiger partial charge in [-0.15, -0.1) is 0 Å². The quantitative estimate of drug-likeness (QED) is 0.874. The zero-order valence-electron chi connectivity index (χ0n) is 11.9. The van der Waals surface area contributed by atoms with E-state index in [-0.39, 0.29) is 0 Å². The average molecular weight is 256 g/mol. The predicted molar refractivity (Wildman–Crippen MR) is 80.1 cm³/mol.